The van der Waals surface area contributed by atoms with Crippen molar-refractivity contribution >= 4 is 21.8 Å². The first kappa shape index (κ1) is 16.8. The van der Waals surface area contributed by atoms with Crippen LogP contribution in [-0.4, -0.2) is 41.9 Å². The van der Waals surface area contributed by atoms with Gasteiger partial charge in [0.2, 0.25) is 5.91 Å². The van der Waals surface area contributed by atoms with Crippen molar-refractivity contribution in [3.63, 3.8) is 0 Å². The first-order valence-electron chi connectivity index (χ1n) is 8.83. The van der Waals surface area contributed by atoms with Gasteiger partial charge in [-0.25, -0.2) is 0 Å². The number of hydrogen-bond donors (Lipinski definition) is 0. The van der Waals surface area contributed by atoms with E-state index in [0.29, 0.717) is 18.4 Å². The van der Waals surface area contributed by atoms with Crippen molar-refractivity contribution in [2.75, 3.05) is 26.8 Å². The fourth-order valence-electron chi connectivity index (χ4n) is 5.65. The number of halogens is 1. The van der Waals surface area contributed by atoms with Gasteiger partial charge in [0.15, 0.2) is 0 Å². The number of ether oxygens (including phenoxy) is 1. The molecule has 2 unspecified atom stereocenters. The molecule has 4 fully saturated rings. The van der Waals surface area contributed by atoms with Crippen LogP contribution in [0.3, 0.4) is 0 Å². The van der Waals surface area contributed by atoms with Gasteiger partial charge < -0.3 is 9.64 Å². The lowest BCUT2D eigenvalue weighted by Crippen LogP contribution is -2.59. The topological polar surface area (TPSA) is 29.5 Å². The van der Waals surface area contributed by atoms with Crippen molar-refractivity contribution in [3.05, 3.63) is 0 Å². The number of alkyl halides is 1. The third kappa shape index (κ3) is 3.10. The van der Waals surface area contributed by atoms with Crippen molar-refractivity contribution < 1.29 is 9.53 Å². The van der Waals surface area contributed by atoms with Gasteiger partial charge in [0, 0.05) is 24.5 Å². The molecule has 2 atom stereocenters. The van der Waals surface area contributed by atoms with E-state index < -0.39 is 0 Å². The Morgan fingerprint density at radius 2 is 1.91 bits per heavy atom. The highest BCUT2D eigenvalue weighted by atomic mass is 79.9. The van der Waals surface area contributed by atoms with Gasteiger partial charge in [-0.1, -0.05) is 29.8 Å². The van der Waals surface area contributed by atoms with E-state index >= 15 is 0 Å². The average Bonchev–Trinajstić information content (AvgIpc) is 2.39. The van der Waals surface area contributed by atoms with Gasteiger partial charge in [-0.05, 0) is 56.3 Å². The number of rotatable bonds is 6. The van der Waals surface area contributed by atoms with Crippen LogP contribution in [0, 0.1) is 23.2 Å². The molecule has 22 heavy (non-hydrogen) atoms. The second kappa shape index (κ2) is 6.08. The number of carbonyl (C=O) groups excluding carboxylic acids is 1. The lowest BCUT2D eigenvalue weighted by Gasteiger charge is -2.60. The molecule has 1 amide bonds. The maximum absolute atomic E-state index is 13.4. The van der Waals surface area contributed by atoms with E-state index in [9.17, 15) is 4.79 Å². The molecule has 0 saturated heterocycles. The van der Waals surface area contributed by atoms with Crippen LogP contribution in [0.4, 0.5) is 0 Å². The minimum Gasteiger partial charge on any atom is -0.383 e. The minimum atomic E-state index is -0.0871. The quantitative estimate of drug-likeness (QED) is 0.663. The van der Waals surface area contributed by atoms with Crippen LogP contribution in [0.5, 0.6) is 0 Å². The zero-order chi connectivity index (χ0) is 16.0. The predicted molar refractivity (Wildman–Crippen MR) is 92.1 cm³/mol. The Bertz CT molecular complexity index is 423. The maximum atomic E-state index is 13.4. The number of hydrogen-bond acceptors (Lipinski definition) is 2. The van der Waals surface area contributed by atoms with E-state index in [1.54, 1.807) is 7.11 Å². The van der Waals surface area contributed by atoms with Gasteiger partial charge in [0.05, 0.1) is 12.0 Å². The Labute approximate surface area is 143 Å². The molecule has 4 aliphatic carbocycles. The highest BCUT2D eigenvalue weighted by molar-refractivity contribution is 9.10. The van der Waals surface area contributed by atoms with Crippen molar-refractivity contribution in [1.82, 2.24) is 4.90 Å². The van der Waals surface area contributed by atoms with Gasteiger partial charge in [-0.2, -0.15) is 0 Å². The number of amides is 1. The van der Waals surface area contributed by atoms with Crippen LogP contribution in [-0.2, 0) is 9.53 Å². The highest BCUT2D eigenvalue weighted by Gasteiger charge is 2.60. The molecule has 4 heteroatoms. The number of methoxy groups -OCH3 is 1. The minimum absolute atomic E-state index is 0.0871. The number of carbonyl (C=O) groups is 1. The Morgan fingerprint density at radius 3 is 2.41 bits per heavy atom. The van der Waals surface area contributed by atoms with E-state index in [1.165, 1.54) is 19.3 Å². The molecular formula is C18H30BrNO2. The second-order valence-corrected chi connectivity index (χ2v) is 10.2. The molecular weight excluding hydrogens is 342 g/mol. The van der Waals surface area contributed by atoms with Crippen LogP contribution in [0.25, 0.3) is 0 Å². The molecule has 0 heterocycles. The van der Waals surface area contributed by atoms with Crippen LogP contribution in [0.1, 0.15) is 52.4 Å². The lowest BCUT2D eigenvalue weighted by molar-refractivity contribution is -0.156. The van der Waals surface area contributed by atoms with Gasteiger partial charge in [-0.3, -0.25) is 4.79 Å². The van der Waals surface area contributed by atoms with Gasteiger partial charge >= 0.3 is 0 Å². The third-order valence-corrected chi connectivity index (χ3v) is 6.81. The number of nitrogens with zero attached hydrogens (tertiary/aromatic N) is 1. The van der Waals surface area contributed by atoms with E-state index in [-0.39, 0.29) is 9.74 Å². The smallest absolute Gasteiger partial charge is 0.228 e. The van der Waals surface area contributed by atoms with Crippen LogP contribution < -0.4 is 0 Å². The molecule has 126 valence electrons. The first-order valence-corrected chi connectivity index (χ1v) is 9.62. The van der Waals surface area contributed by atoms with Gasteiger partial charge in [0.25, 0.3) is 0 Å². The Balaban J connectivity index is 1.79. The molecule has 0 radical (unpaired) electrons. The zero-order valence-corrected chi connectivity index (χ0v) is 15.8. The molecule has 0 aromatic carbocycles. The molecule has 3 nitrogen and oxygen atoms in total. The highest BCUT2D eigenvalue weighted by Crippen LogP contribution is 2.64. The zero-order valence-electron chi connectivity index (χ0n) is 14.2. The average molecular weight is 372 g/mol. The molecule has 0 spiro atoms. The Kier molecular flexibility index (Phi) is 4.63. The largest absolute Gasteiger partial charge is 0.383 e. The fraction of sp³-hybridized carbons (Fsp3) is 0.944. The summed E-state index contributed by atoms with van der Waals surface area (Å²) in [6.45, 7) is 6.62. The summed E-state index contributed by atoms with van der Waals surface area (Å²) in [4.78, 5) is 15.5. The van der Waals surface area contributed by atoms with Crippen LogP contribution >= 0.6 is 15.9 Å². The van der Waals surface area contributed by atoms with Gasteiger partial charge in [0.1, 0.15) is 0 Å². The summed E-state index contributed by atoms with van der Waals surface area (Å²) >= 11 is 4.02. The molecule has 4 aliphatic rings. The van der Waals surface area contributed by atoms with E-state index in [2.05, 4.69) is 34.7 Å². The second-order valence-electron chi connectivity index (χ2n) is 8.53. The van der Waals surface area contributed by atoms with Crippen LogP contribution in [0.2, 0.25) is 0 Å². The molecule has 0 aromatic rings. The Morgan fingerprint density at radius 1 is 1.27 bits per heavy atom. The lowest BCUT2D eigenvalue weighted by atomic mass is 9.49. The summed E-state index contributed by atoms with van der Waals surface area (Å²) in [6, 6.07) is 0. The predicted octanol–water partition coefficient (Wildman–Crippen LogP) is 3.85. The van der Waals surface area contributed by atoms with Crippen molar-refractivity contribution in [1.29, 1.82) is 0 Å². The monoisotopic (exact) mass is 371 g/mol. The summed E-state index contributed by atoms with van der Waals surface area (Å²) < 4.78 is 5.49. The third-order valence-electron chi connectivity index (χ3n) is 5.88. The Hall–Kier alpha value is -0.0900. The van der Waals surface area contributed by atoms with Gasteiger partial charge in [-0.15, -0.1) is 0 Å². The summed E-state index contributed by atoms with van der Waals surface area (Å²) in [5.41, 5.74) is -0.0871. The van der Waals surface area contributed by atoms with Crippen LogP contribution in [0.15, 0.2) is 0 Å². The summed E-state index contributed by atoms with van der Waals surface area (Å²) in [7, 11) is 1.72. The standard InChI is InChI=1S/C18H30BrNO2/c1-13(2)11-20(4-5-22-3)16(21)17-7-14-6-15(8-17)10-18(19,9-14)12-17/h13-15H,4-12H2,1-3H3. The van der Waals surface area contributed by atoms with Crippen molar-refractivity contribution in [3.8, 4) is 0 Å². The fourth-order valence-corrected chi connectivity index (χ4v) is 7.11. The molecule has 4 bridgehead atoms. The molecule has 0 N–H and O–H groups in total. The molecule has 4 rings (SSSR count). The molecule has 0 aromatic heterocycles. The van der Waals surface area contributed by atoms with Crippen molar-refractivity contribution in [2.45, 2.75) is 56.7 Å². The summed E-state index contributed by atoms with van der Waals surface area (Å²) in [5.74, 6) is 2.43. The maximum Gasteiger partial charge on any atom is 0.228 e. The van der Waals surface area contributed by atoms with E-state index in [1.807, 2.05) is 0 Å². The van der Waals surface area contributed by atoms with Crippen molar-refractivity contribution in [2.24, 2.45) is 23.2 Å². The van der Waals surface area contributed by atoms with E-state index in [0.717, 1.165) is 44.2 Å². The normalized spacial score (nSPS) is 39.5. The first-order chi connectivity index (χ1) is 10.4. The molecule has 0 aliphatic heterocycles. The van der Waals surface area contributed by atoms with E-state index in [4.69, 9.17) is 4.74 Å². The molecule has 4 saturated carbocycles. The summed E-state index contributed by atoms with van der Waals surface area (Å²) in [5, 5.41) is 0. The SMILES string of the molecule is COCCN(CC(C)C)C(=O)C12CC3CC(CC(Br)(C3)C1)C2. The summed E-state index contributed by atoms with van der Waals surface area (Å²) in [6.07, 6.45) is 7.20.